The van der Waals surface area contributed by atoms with E-state index >= 15 is 0 Å². The van der Waals surface area contributed by atoms with Crippen LogP contribution in [0.5, 0.6) is 0 Å². The standard InChI is InChI=1S/C19H30O5S.Na/c1-18-9-7-13(24-25(21,22)23)11-12(18)3-4-14-15-5-6-17(20)19(15,2)10-8-16(14)18;/h12-16H,3-11H2,1-2H3,(H,21,22,23);/t12-,13-,14+,15+,16+,18+,19+;/m1./s1. The van der Waals surface area contributed by atoms with E-state index in [9.17, 15) is 13.2 Å². The van der Waals surface area contributed by atoms with Crippen LogP contribution in [0.2, 0.25) is 0 Å². The summed E-state index contributed by atoms with van der Waals surface area (Å²) in [5.74, 6) is 2.76. The largest absolute Gasteiger partial charge is 0.397 e. The van der Waals surface area contributed by atoms with Crippen LogP contribution in [0.4, 0.5) is 0 Å². The Morgan fingerprint density at radius 1 is 1.04 bits per heavy atom. The quantitative estimate of drug-likeness (QED) is 0.574. The number of carbonyl (C=O) groups is 1. The molecular weight excluding hydrogens is 363 g/mol. The second-order valence-corrected chi connectivity index (χ2v) is 10.5. The van der Waals surface area contributed by atoms with Gasteiger partial charge in [-0.2, -0.15) is 8.42 Å². The van der Waals surface area contributed by atoms with Crippen LogP contribution >= 0.6 is 0 Å². The summed E-state index contributed by atoms with van der Waals surface area (Å²) in [7, 11) is -4.37. The molecule has 4 fully saturated rings. The fraction of sp³-hybridized carbons (Fsp3) is 0.947. The summed E-state index contributed by atoms with van der Waals surface area (Å²) in [5.41, 5.74) is 0.130. The molecule has 4 saturated carbocycles. The Labute approximate surface area is 179 Å². The topological polar surface area (TPSA) is 80.7 Å². The van der Waals surface area contributed by atoms with Crippen LogP contribution < -0.4 is 0 Å². The third kappa shape index (κ3) is 3.37. The van der Waals surface area contributed by atoms with Crippen molar-refractivity contribution in [2.24, 2.45) is 34.5 Å². The maximum Gasteiger partial charge on any atom is 0.397 e. The third-order valence-electron chi connectivity index (χ3n) is 8.58. The predicted octanol–water partition coefficient (Wildman–Crippen LogP) is 3.41. The third-order valence-corrected chi connectivity index (χ3v) is 9.10. The minimum Gasteiger partial charge on any atom is -0.299 e. The van der Waals surface area contributed by atoms with Crippen LogP contribution in [0.3, 0.4) is 0 Å². The molecule has 26 heavy (non-hydrogen) atoms. The number of hydrogen-bond donors (Lipinski definition) is 1. The van der Waals surface area contributed by atoms with E-state index in [1.54, 1.807) is 0 Å². The van der Waals surface area contributed by atoms with Gasteiger partial charge in [-0.3, -0.25) is 9.35 Å². The number of carbonyl (C=O) groups excluding carboxylic acids is 1. The molecule has 4 rings (SSSR count). The molecule has 0 bridgehead atoms. The van der Waals surface area contributed by atoms with E-state index in [-0.39, 0.29) is 46.5 Å². The van der Waals surface area contributed by atoms with Gasteiger partial charge in [0.1, 0.15) is 5.78 Å². The molecule has 143 valence electrons. The van der Waals surface area contributed by atoms with E-state index in [2.05, 4.69) is 13.8 Å². The zero-order valence-corrected chi connectivity index (χ0v) is 19.1. The molecule has 0 aliphatic heterocycles. The molecule has 0 aromatic carbocycles. The van der Waals surface area contributed by atoms with Gasteiger partial charge >= 0.3 is 10.4 Å². The van der Waals surface area contributed by atoms with Gasteiger partial charge in [0.2, 0.25) is 0 Å². The van der Waals surface area contributed by atoms with Crippen molar-refractivity contribution < 1.29 is 21.9 Å². The van der Waals surface area contributed by atoms with Crippen LogP contribution in [0.25, 0.3) is 0 Å². The summed E-state index contributed by atoms with van der Waals surface area (Å²) in [5, 5.41) is 0. The Bertz CT molecular complexity index is 679. The van der Waals surface area contributed by atoms with E-state index in [1.807, 2.05) is 0 Å². The van der Waals surface area contributed by atoms with Crippen molar-refractivity contribution in [3.63, 3.8) is 0 Å². The van der Waals surface area contributed by atoms with E-state index in [0.717, 1.165) is 51.4 Å². The van der Waals surface area contributed by atoms with Gasteiger partial charge in [0, 0.05) is 41.4 Å². The summed E-state index contributed by atoms with van der Waals surface area (Å²) < 4.78 is 36.0. The fourth-order valence-electron chi connectivity index (χ4n) is 7.25. The second-order valence-electron chi connectivity index (χ2n) is 9.50. The Morgan fingerprint density at radius 2 is 1.77 bits per heavy atom. The van der Waals surface area contributed by atoms with E-state index in [0.29, 0.717) is 35.9 Å². The van der Waals surface area contributed by atoms with Crippen LogP contribution in [0, 0.1) is 34.5 Å². The summed E-state index contributed by atoms with van der Waals surface area (Å²) in [6, 6.07) is 0. The summed E-state index contributed by atoms with van der Waals surface area (Å²) in [6.45, 7) is 4.59. The second kappa shape index (κ2) is 7.10. The maximum absolute atomic E-state index is 12.4. The van der Waals surface area contributed by atoms with E-state index in [4.69, 9.17) is 8.74 Å². The van der Waals surface area contributed by atoms with Crippen LogP contribution in [0.15, 0.2) is 0 Å². The van der Waals surface area contributed by atoms with Gasteiger partial charge in [-0.25, -0.2) is 4.18 Å². The average molecular weight is 394 g/mol. The normalized spacial score (nSPS) is 48.1. The first-order valence-corrected chi connectivity index (χ1v) is 11.2. The molecule has 4 aliphatic rings. The zero-order chi connectivity index (χ0) is 18.0. The van der Waals surface area contributed by atoms with Gasteiger partial charge in [-0.05, 0) is 80.5 Å². The first kappa shape index (κ1) is 21.3. The van der Waals surface area contributed by atoms with Crippen molar-refractivity contribution >= 4 is 45.7 Å². The minimum absolute atomic E-state index is 0. The fourth-order valence-corrected chi connectivity index (χ4v) is 7.77. The molecule has 0 saturated heterocycles. The Balaban J connectivity index is 0.00000196. The number of ketones is 1. The predicted molar refractivity (Wildman–Crippen MR) is 98.9 cm³/mol. The van der Waals surface area contributed by atoms with Gasteiger partial charge in [0.25, 0.3) is 0 Å². The number of rotatable bonds is 2. The summed E-state index contributed by atoms with van der Waals surface area (Å²) in [4.78, 5) is 12.4. The molecule has 0 spiro atoms. The molecule has 0 aromatic heterocycles. The van der Waals surface area contributed by atoms with Crippen LogP contribution in [-0.2, 0) is 19.4 Å². The van der Waals surface area contributed by atoms with E-state index in [1.165, 1.54) is 0 Å². The number of fused-ring (bicyclic) bond motifs is 5. The smallest absolute Gasteiger partial charge is 0.299 e. The maximum atomic E-state index is 12.4. The summed E-state index contributed by atoms with van der Waals surface area (Å²) in [6.07, 6.45) is 8.19. The van der Waals surface area contributed by atoms with Crippen molar-refractivity contribution in [2.75, 3.05) is 0 Å². The zero-order valence-electron chi connectivity index (χ0n) is 16.2. The monoisotopic (exact) mass is 393 g/mol. The van der Waals surface area contributed by atoms with Crippen molar-refractivity contribution in [3.8, 4) is 0 Å². The summed E-state index contributed by atoms with van der Waals surface area (Å²) >= 11 is 0. The molecule has 1 N–H and O–H groups in total. The molecule has 0 heterocycles. The van der Waals surface area contributed by atoms with Crippen LogP contribution in [0.1, 0.15) is 71.6 Å². The Morgan fingerprint density at radius 3 is 2.46 bits per heavy atom. The van der Waals surface area contributed by atoms with Crippen LogP contribution in [-0.4, -0.2) is 54.4 Å². The minimum atomic E-state index is -4.37. The van der Waals surface area contributed by atoms with Gasteiger partial charge in [-0.1, -0.05) is 13.8 Å². The Kier molecular flexibility index (Phi) is 5.80. The first-order valence-electron chi connectivity index (χ1n) is 9.82. The van der Waals surface area contributed by atoms with Gasteiger partial charge in [-0.15, -0.1) is 0 Å². The van der Waals surface area contributed by atoms with Gasteiger partial charge < -0.3 is 0 Å². The molecule has 0 aromatic rings. The van der Waals surface area contributed by atoms with Gasteiger partial charge in [0.05, 0.1) is 6.10 Å². The number of hydrogen-bond acceptors (Lipinski definition) is 4. The molecule has 7 atom stereocenters. The molecular formula is C19H30NaO5S. The molecule has 5 nitrogen and oxygen atoms in total. The molecule has 0 amide bonds. The molecule has 1 radical (unpaired) electrons. The molecule has 0 unspecified atom stereocenters. The molecule has 4 aliphatic carbocycles. The van der Waals surface area contributed by atoms with Crippen molar-refractivity contribution in [2.45, 2.75) is 77.7 Å². The SMILES string of the molecule is C[C@]12CC[C@@H](OS(=O)(=O)O)C[C@H]1CC[C@@H]1[C@@H]2CC[C@]2(C)C(=O)CC[C@@H]12.[Na]. The van der Waals surface area contributed by atoms with E-state index < -0.39 is 10.4 Å². The molecule has 7 heteroatoms. The Hall–Kier alpha value is 0.540. The van der Waals surface area contributed by atoms with Gasteiger partial charge in [0.15, 0.2) is 0 Å². The van der Waals surface area contributed by atoms with Crippen molar-refractivity contribution in [1.29, 1.82) is 0 Å². The number of Topliss-reactive ketones (excluding diaryl/α,β-unsaturated/α-hetero) is 1. The van der Waals surface area contributed by atoms with Crippen molar-refractivity contribution in [1.82, 2.24) is 0 Å². The first-order chi connectivity index (χ1) is 11.6. The van der Waals surface area contributed by atoms with Crippen molar-refractivity contribution in [3.05, 3.63) is 0 Å². The average Bonchev–Trinajstić information content (AvgIpc) is 2.82.